The quantitative estimate of drug-likeness (QED) is 0.592. The van der Waals surface area contributed by atoms with Gasteiger partial charge in [-0.1, -0.05) is 43.5 Å². The van der Waals surface area contributed by atoms with Crippen molar-refractivity contribution >= 4 is 5.78 Å². The van der Waals surface area contributed by atoms with Gasteiger partial charge < -0.3 is 9.84 Å². The maximum absolute atomic E-state index is 11.7. The molecule has 0 unspecified atom stereocenters. The molecular formula is C15H16O3. The number of ketones is 1. The van der Waals surface area contributed by atoms with E-state index in [1.807, 2.05) is 0 Å². The Bertz CT molecular complexity index is 455. The van der Waals surface area contributed by atoms with Gasteiger partial charge in [-0.3, -0.25) is 4.79 Å². The molecule has 0 aliphatic carbocycles. The number of benzene rings is 1. The molecule has 1 aromatic rings. The third-order valence-electron chi connectivity index (χ3n) is 2.32. The summed E-state index contributed by atoms with van der Waals surface area (Å²) in [6.07, 6.45) is 4.60. The fourth-order valence-corrected chi connectivity index (χ4v) is 1.33. The molecule has 1 aromatic carbocycles. The van der Waals surface area contributed by atoms with Crippen molar-refractivity contribution in [3.8, 4) is 5.75 Å². The minimum absolute atomic E-state index is 0.0120. The Labute approximate surface area is 107 Å². The van der Waals surface area contributed by atoms with Gasteiger partial charge in [0.1, 0.15) is 5.75 Å². The number of Topliss-reactive ketones (excluding diaryl/α,β-unsaturated/α-hetero) is 1. The van der Waals surface area contributed by atoms with Gasteiger partial charge in [-0.2, -0.15) is 0 Å². The molecule has 0 amide bonds. The molecule has 3 nitrogen and oxygen atoms in total. The van der Waals surface area contributed by atoms with Gasteiger partial charge in [0.25, 0.3) is 0 Å². The zero-order valence-electron chi connectivity index (χ0n) is 10.1. The number of rotatable bonds is 7. The summed E-state index contributed by atoms with van der Waals surface area (Å²) in [5, 5.41) is 8.89. The fraction of sp³-hybridized carbons (Fsp3) is 0.133. The van der Waals surface area contributed by atoms with E-state index < -0.39 is 0 Å². The van der Waals surface area contributed by atoms with Crippen molar-refractivity contribution in [1.29, 1.82) is 0 Å². The number of hydrogen-bond acceptors (Lipinski definition) is 3. The Balaban J connectivity index is 2.58. The second-order valence-electron chi connectivity index (χ2n) is 3.58. The van der Waals surface area contributed by atoms with Gasteiger partial charge in [-0.25, -0.2) is 0 Å². The van der Waals surface area contributed by atoms with Crippen LogP contribution < -0.4 is 4.74 Å². The van der Waals surface area contributed by atoms with E-state index in [0.29, 0.717) is 11.3 Å². The predicted octanol–water partition coefficient (Wildman–Crippen LogP) is 2.43. The van der Waals surface area contributed by atoms with Gasteiger partial charge in [0, 0.05) is 5.57 Å². The molecule has 18 heavy (non-hydrogen) atoms. The number of carbonyl (C=O) groups is 1. The summed E-state index contributed by atoms with van der Waals surface area (Å²) in [6.45, 7) is 7.02. The van der Waals surface area contributed by atoms with Crippen molar-refractivity contribution < 1.29 is 14.6 Å². The lowest BCUT2D eigenvalue weighted by molar-refractivity contribution is -0.117. The van der Waals surface area contributed by atoms with Crippen LogP contribution in [0, 0.1) is 0 Å². The standard InChI is InChI=1S/C15H16O3/c1-3-5-13(4-2)15(17)11-18-14-8-6-12(10-16)7-9-14/h3-9,16H,1-2,10-11H2/b13-5+. The first-order chi connectivity index (χ1) is 8.71. The third kappa shape index (κ3) is 4.03. The van der Waals surface area contributed by atoms with Crippen LogP contribution in [-0.4, -0.2) is 17.5 Å². The van der Waals surface area contributed by atoms with E-state index >= 15 is 0 Å². The summed E-state index contributed by atoms with van der Waals surface area (Å²) < 4.78 is 5.34. The highest BCUT2D eigenvalue weighted by molar-refractivity contribution is 5.99. The Kier molecular flexibility index (Phi) is 5.61. The first-order valence-corrected chi connectivity index (χ1v) is 5.52. The van der Waals surface area contributed by atoms with Crippen LogP contribution in [0.4, 0.5) is 0 Å². The van der Waals surface area contributed by atoms with Gasteiger partial charge in [0.05, 0.1) is 6.61 Å². The third-order valence-corrected chi connectivity index (χ3v) is 2.32. The first kappa shape index (κ1) is 13.9. The van der Waals surface area contributed by atoms with E-state index in [1.54, 1.807) is 30.3 Å². The Hall–Kier alpha value is -2.13. The van der Waals surface area contributed by atoms with E-state index in [-0.39, 0.29) is 19.0 Å². The van der Waals surface area contributed by atoms with E-state index in [1.165, 1.54) is 12.2 Å². The first-order valence-electron chi connectivity index (χ1n) is 5.52. The van der Waals surface area contributed by atoms with Gasteiger partial charge in [0.15, 0.2) is 12.4 Å². The summed E-state index contributed by atoms with van der Waals surface area (Å²) in [5.41, 5.74) is 1.27. The Morgan fingerprint density at radius 3 is 2.44 bits per heavy atom. The molecule has 1 rings (SSSR count). The van der Waals surface area contributed by atoms with E-state index in [9.17, 15) is 4.79 Å². The molecule has 0 atom stereocenters. The summed E-state index contributed by atoms with van der Waals surface area (Å²) in [4.78, 5) is 11.7. The zero-order valence-corrected chi connectivity index (χ0v) is 10.1. The highest BCUT2D eigenvalue weighted by Crippen LogP contribution is 2.12. The van der Waals surface area contributed by atoms with Crippen molar-refractivity contribution in [2.45, 2.75) is 6.61 Å². The minimum Gasteiger partial charge on any atom is -0.485 e. The molecule has 0 aliphatic rings. The number of carbonyl (C=O) groups excluding carboxylic acids is 1. The van der Waals surface area contributed by atoms with Crippen LogP contribution in [-0.2, 0) is 11.4 Å². The fourth-order valence-electron chi connectivity index (χ4n) is 1.33. The van der Waals surface area contributed by atoms with Crippen molar-refractivity contribution in [2.24, 2.45) is 0 Å². The predicted molar refractivity (Wildman–Crippen MR) is 71.3 cm³/mol. The summed E-state index contributed by atoms with van der Waals surface area (Å²) >= 11 is 0. The summed E-state index contributed by atoms with van der Waals surface area (Å²) in [7, 11) is 0. The number of aliphatic hydroxyl groups is 1. The Morgan fingerprint density at radius 1 is 1.28 bits per heavy atom. The second-order valence-corrected chi connectivity index (χ2v) is 3.58. The molecule has 0 aromatic heterocycles. The summed E-state index contributed by atoms with van der Waals surface area (Å²) in [6, 6.07) is 6.91. The van der Waals surface area contributed by atoms with E-state index in [2.05, 4.69) is 13.2 Å². The van der Waals surface area contributed by atoms with Crippen LogP contribution in [0.15, 0.2) is 61.2 Å². The minimum atomic E-state index is -0.156. The number of ether oxygens (including phenoxy) is 1. The van der Waals surface area contributed by atoms with Crippen LogP contribution >= 0.6 is 0 Å². The summed E-state index contributed by atoms with van der Waals surface area (Å²) in [5.74, 6) is 0.429. The molecule has 0 saturated carbocycles. The number of allylic oxidation sites excluding steroid dienone is 3. The molecule has 0 bridgehead atoms. The average molecular weight is 244 g/mol. The molecule has 0 fully saturated rings. The molecule has 1 N–H and O–H groups in total. The highest BCUT2D eigenvalue weighted by atomic mass is 16.5. The van der Waals surface area contributed by atoms with Crippen molar-refractivity contribution in [3.05, 3.63) is 66.8 Å². The molecule has 0 spiro atoms. The molecule has 0 saturated heterocycles. The van der Waals surface area contributed by atoms with Crippen LogP contribution in [0.5, 0.6) is 5.75 Å². The normalized spacial score (nSPS) is 10.8. The molecular weight excluding hydrogens is 228 g/mol. The van der Waals surface area contributed by atoms with Gasteiger partial charge in [0.2, 0.25) is 0 Å². The molecule has 0 aliphatic heterocycles. The number of hydrogen-bond donors (Lipinski definition) is 1. The van der Waals surface area contributed by atoms with Gasteiger partial charge in [-0.05, 0) is 17.7 Å². The number of aliphatic hydroxyl groups excluding tert-OH is 1. The molecule has 94 valence electrons. The Morgan fingerprint density at radius 2 is 1.94 bits per heavy atom. The van der Waals surface area contributed by atoms with Crippen molar-refractivity contribution in [1.82, 2.24) is 0 Å². The van der Waals surface area contributed by atoms with Crippen molar-refractivity contribution in [3.63, 3.8) is 0 Å². The van der Waals surface area contributed by atoms with E-state index in [0.717, 1.165) is 5.56 Å². The molecule has 0 radical (unpaired) electrons. The second kappa shape index (κ2) is 7.25. The van der Waals surface area contributed by atoms with Crippen LogP contribution in [0.2, 0.25) is 0 Å². The molecule has 3 heteroatoms. The van der Waals surface area contributed by atoms with Gasteiger partial charge in [-0.15, -0.1) is 0 Å². The monoisotopic (exact) mass is 244 g/mol. The maximum atomic E-state index is 11.7. The van der Waals surface area contributed by atoms with Crippen LogP contribution in [0.1, 0.15) is 5.56 Å². The lowest BCUT2D eigenvalue weighted by Gasteiger charge is -2.06. The van der Waals surface area contributed by atoms with Gasteiger partial charge >= 0.3 is 0 Å². The largest absolute Gasteiger partial charge is 0.485 e. The van der Waals surface area contributed by atoms with Crippen LogP contribution in [0.3, 0.4) is 0 Å². The van der Waals surface area contributed by atoms with E-state index in [4.69, 9.17) is 9.84 Å². The van der Waals surface area contributed by atoms with Crippen LogP contribution in [0.25, 0.3) is 0 Å². The average Bonchev–Trinajstić information content (AvgIpc) is 2.42. The topological polar surface area (TPSA) is 46.5 Å². The zero-order chi connectivity index (χ0) is 13.4. The lowest BCUT2D eigenvalue weighted by Crippen LogP contribution is -2.12. The highest BCUT2D eigenvalue weighted by Gasteiger charge is 2.06. The smallest absolute Gasteiger partial charge is 0.200 e. The molecule has 0 heterocycles. The SMILES string of the molecule is C=C/C=C(\C=C)C(=O)COc1ccc(CO)cc1. The van der Waals surface area contributed by atoms with Crippen molar-refractivity contribution in [2.75, 3.05) is 6.61 Å². The lowest BCUT2D eigenvalue weighted by atomic mass is 10.1. The maximum Gasteiger partial charge on any atom is 0.200 e.